The Labute approximate surface area is 141 Å². The van der Waals surface area contributed by atoms with Crippen LogP contribution in [-0.4, -0.2) is 44.8 Å². The van der Waals surface area contributed by atoms with Crippen molar-refractivity contribution in [3.8, 4) is 5.88 Å². The number of piperidine rings is 1. The second kappa shape index (κ2) is 7.15. The highest BCUT2D eigenvalue weighted by molar-refractivity contribution is 5.38. The first-order chi connectivity index (χ1) is 11.9. The van der Waals surface area contributed by atoms with Gasteiger partial charge in [-0.1, -0.05) is 12.8 Å². The van der Waals surface area contributed by atoms with Crippen molar-refractivity contribution in [1.29, 1.82) is 0 Å². The number of aromatic amines is 1. The summed E-state index contributed by atoms with van der Waals surface area (Å²) in [5, 5.41) is 6.94. The number of aromatic nitrogens is 5. The molecule has 7 nitrogen and oxygen atoms in total. The summed E-state index contributed by atoms with van der Waals surface area (Å²) in [5.41, 5.74) is 0. The molecule has 1 N–H and O–H groups in total. The molecule has 0 spiro atoms. The lowest BCUT2D eigenvalue weighted by molar-refractivity contribution is 0.242. The summed E-state index contributed by atoms with van der Waals surface area (Å²) in [6.07, 6.45) is 12.5. The van der Waals surface area contributed by atoms with Gasteiger partial charge in [0.2, 0.25) is 5.88 Å². The maximum Gasteiger partial charge on any atom is 0.234 e. The van der Waals surface area contributed by atoms with Crippen LogP contribution in [0.1, 0.15) is 50.3 Å². The van der Waals surface area contributed by atoms with Crippen LogP contribution < -0.4 is 9.64 Å². The lowest BCUT2D eigenvalue weighted by atomic mass is 9.96. The van der Waals surface area contributed by atoms with Crippen LogP contribution in [0, 0.1) is 5.92 Å². The van der Waals surface area contributed by atoms with Crippen molar-refractivity contribution in [1.82, 2.24) is 25.1 Å². The molecule has 3 heterocycles. The lowest BCUT2D eigenvalue weighted by Gasteiger charge is -2.31. The van der Waals surface area contributed by atoms with Gasteiger partial charge < -0.3 is 9.64 Å². The molecule has 1 saturated carbocycles. The van der Waals surface area contributed by atoms with E-state index in [1.54, 1.807) is 12.5 Å². The van der Waals surface area contributed by atoms with E-state index in [0.29, 0.717) is 17.7 Å². The minimum Gasteiger partial charge on any atom is -0.476 e. The minimum absolute atomic E-state index is 0.457. The molecule has 0 unspecified atom stereocenters. The van der Waals surface area contributed by atoms with E-state index in [2.05, 4.69) is 30.0 Å². The van der Waals surface area contributed by atoms with Gasteiger partial charge in [0.05, 0.1) is 19.0 Å². The van der Waals surface area contributed by atoms with Crippen LogP contribution in [0.3, 0.4) is 0 Å². The Morgan fingerprint density at radius 3 is 2.71 bits per heavy atom. The first-order valence-electron chi connectivity index (χ1n) is 8.93. The van der Waals surface area contributed by atoms with E-state index in [9.17, 15) is 0 Å². The SMILES string of the molecule is c1n[nH]c(C2CCN(c3cncc(OCC4CCCC4)n3)CC2)n1. The molecule has 24 heavy (non-hydrogen) atoms. The van der Waals surface area contributed by atoms with Crippen molar-refractivity contribution in [3.63, 3.8) is 0 Å². The molecule has 2 fully saturated rings. The van der Waals surface area contributed by atoms with E-state index in [-0.39, 0.29) is 0 Å². The van der Waals surface area contributed by atoms with Crippen LogP contribution in [0.25, 0.3) is 0 Å². The summed E-state index contributed by atoms with van der Waals surface area (Å²) in [5.74, 6) is 3.70. The summed E-state index contributed by atoms with van der Waals surface area (Å²) >= 11 is 0. The van der Waals surface area contributed by atoms with Crippen molar-refractivity contribution < 1.29 is 4.74 Å². The highest BCUT2D eigenvalue weighted by Crippen LogP contribution is 2.28. The zero-order chi connectivity index (χ0) is 16.2. The predicted octanol–water partition coefficient (Wildman–Crippen LogP) is 2.55. The molecule has 0 radical (unpaired) electrons. The molecule has 0 aromatic carbocycles. The number of hydrogen-bond donors (Lipinski definition) is 1. The molecular weight excluding hydrogens is 304 g/mol. The first kappa shape index (κ1) is 15.4. The third-order valence-corrected chi connectivity index (χ3v) is 5.18. The van der Waals surface area contributed by atoms with Gasteiger partial charge in [-0.25, -0.2) is 4.98 Å². The molecule has 2 aromatic rings. The number of hydrogen-bond acceptors (Lipinski definition) is 6. The lowest BCUT2D eigenvalue weighted by Crippen LogP contribution is -2.34. The van der Waals surface area contributed by atoms with Gasteiger partial charge in [0.1, 0.15) is 12.2 Å². The molecule has 7 heteroatoms. The number of ether oxygens (including phenoxy) is 1. The van der Waals surface area contributed by atoms with Crippen LogP contribution in [0.15, 0.2) is 18.7 Å². The predicted molar refractivity (Wildman–Crippen MR) is 90.1 cm³/mol. The van der Waals surface area contributed by atoms with Crippen molar-refractivity contribution in [2.24, 2.45) is 5.92 Å². The average molecular weight is 328 g/mol. The van der Waals surface area contributed by atoms with Crippen LogP contribution in [-0.2, 0) is 0 Å². The third kappa shape index (κ3) is 3.49. The van der Waals surface area contributed by atoms with E-state index in [4.69, 9.17) is 4.74 Å². The molecular formula is C17H24N6O. The monoisotopic (exact) mass is 328 g/mol. The molecule has 0 atom stereocenters. The maximum atomic E-state index is 5.88. The van der Waals surface area contributed by atoms with E-state index in [1.165, 1.54) is 25.7 Å². The quantitative estimate of drug-likeness (QED) is 0.908. The molecule has 0 bridgehead atoms. The topological polar surface area (TPSA) is 79.8 Å². The molecule has 0 amide bonds. The molecule has 4 rings (SSSR count). The number of anilines is 1. The van der Waals surface area contributed by atoms with Crippen molar-refractivity contribution in [2.45, 2.75) is 44.4 Å². The Balaban J connectivity index is 1.33. The standard InChI is InChI=1S/C17H24N6O/c1-2-4-13(3-1)11-24-16-10-18-9-15(21-16)23-7-5-14(6-8-23)17-19-12-20-22-17/h9-10,12-14H,1-8,11H2,(H,19,20,22). The Hall–Kier alpha value is -2.18. The zero-order valence-electron chi connectivity index (χ0n) is 13.9. The van der Waals surface area contributed by atoms with Gasteiger partial charge >= 0.3 is 0 Å². The molecule has 1 saturated heterocycles. The summed E-state index contributed by atoms with van der Waals surface area (Å²) in [6, 6.07) is 0. The molecule has 1 aliphatic carbocycles. The van der Waals surface area contributed by atoms with Gasteiger partial charge in [-0.3, -0.25) is 10.1 Å². The average Bonchev–Trinajstić information content (AvgIpc) is 3.34. The zero-order valence-corrected chi connectivity index (χ0v) is 13.9. The fourth-order valence-electron chi connectivity index (χ4n) is 3.73. The second-order valence-electron chi connectivity index (χ2n) is 6.81. The van der Waals surface area contributed by atoms with Gasteiger partial charge in [-0.05, 0) is 31.6 Å². The van der Waals surface area contributed by atoms with Gasteiger partial charge in [0, 0.05) is 19.0 Å². The van der Waals surface area contributed by atoms with E-state index >= 15 is 0 Å². The van der Waals surface area contributed by atoms with Crippen LogP contribution in [0.4, 0.5) is 5.82 Å². The van der Waals surface area contributed by atoms with E-state index < -0.39 is 0 Å². The van der Waals surface area contributed by atoms with Gasteiger partial charge in [-0.15, -0.1) is 0 Å². The highest BCUT2D eigenvalue weighted by Gasteiger charge is 2.24. The van der Waals surface area contributed by atoms with Crippen LogP contribution in [0.5, 0.6) is 5.88 Å². The summed E-state index contributed by atoms with van der Waals surface area (Å²) in [6.45, 7) is 2.67. The Bertz CT molecular complexity index is 632. The number of nitrogens with zero attached hydrogens (tertiary/aromatic N) is 5. The smallest absolute Gasteiger partial charge is 0.234 e. The fourth-order valence-corrected chi connectivity index (χ4v) is 3.73. The van der Waals surface area contributed by atoms with Gasteiger partial charge in [0.15, 0.2) is 5.82 Å². The van der Waals surface area contributed by atoms with Crippen LogP contribution in [0.2, 0.25) is 0 Å². The maximum absolute atomic E-state index is 5.88. The summed E-state index contributed by atoms with van der Waals surface area (Å²) in [7, 11) is 0. The molecule has 2 aliphatic rings. The second-order valence-corrected chi connectivity index (χ2v) is 6.81. The van der Waals surface area contributed by atoms with Crippen molar-refractivity contribution >= 4 is 5.82 Å². The molecule has 128 valence electrons. The van der Waals surface area contributed by atoms with Crippen molar-refractivity contribution in [3.05, 3.63) is 24.5 Å². The fraction of sp³-hybridized carbons (Fsp3) is 0.647. The Morgan fingerprint density at radius 1 is 1.12 bits per heavy atom. The normalized spacial score (nSPS) is 19.8. The van der Waals surface area contributed by atoms with Crippen molar-refractivity contribution in [2.75, 3.05) is 24.6 Å². The van der Waals surface area contributed by atoms with Crippen LogP contribution >= 0.6 is 0 Å². The Kier molecular flexibility index (Phi) is 4.57. The minimum atomic E-state index is 0.457. The molecule has 1 aliphatic heterocycles. The number of H-pyrrole nitrogens is 1. The molecule has 2 aromatic heterocycles. The first-order valence-corrected chi connectivity index (χ1v) is 8.93. The van der Waals surface area contributed by atoms with E-state index in [1.807, 2.05) is 6.20 Å². The van der Waals surface area contributed by atoms with Gasteiger partial charge in [-0.2, -0.15) is 10.1 Å². The summed E-state index contributed by atoms with van der Waals surface area (Å²) in [4.78, 5) is 15.5. The van der Waals surface area contributed by atoms with E-state index in [0.717, 1.165) is 44.2 Å². The number of rotatable bonds is 5. The Morgan fingerprint density at radius 2 is 1.96 bits per heavy atom. The highest BCUT2D eigenvalue weighted by atomic mass is 16.5. The number of nitrogens with one attached hydrogen (secondary N) is 1. The van der Waals surface area contributed by atoms with Gasteiger partial charge in [0.25, 0.3) is 0 Å². The third-order valence-electron chi connectivity index (χ3n) is 5.18. The summed E-state index contributed by atoms with van der Waals surface area (Å²) < 4.78 is 5.88. The largest absolute Gasteiger partial charge is 0.476 e.